The molecule has 1 fully saturated rings. The Kier molecular flexibility index (Phi) is 2.68. The second-order valence-electron chi connectivity index (χ2n) is 3.40. The molecule has 74 valence electrons. The van der Waals surface area contributed by atoms with Crippen LogP contribution in [-0.2, 0) is 9.53 Å². The van der Waals surface area contributed by atoms with Gasteiger partial charge in [0.25, 0.3) is 0 Å². The maximum absolute atomic E-state index is 10.8. The van der Waals surface area contributed by atoms with Gasteiger partial charge >= 0.3 is 5.97 Å². The van der Waals surface area contributed by atoms with Crippen molar-refractivity contribution in [1.82, 2.24) is 0 Å². The molecule has 1 aliphatic rings. The third-order valence-corrected chi connectivity index (χ3v) is 2.28. The summed E-state index contributed by atoms with van der Waals surface area (Å²) in [5.74, 6) is -0.0788. The van der Waals surface area contributed by atoms with Crippen LogP contribution in [0.5, 0.6) is 0 Å². The van der Waals surface area contributed by atoms with Gasteiger partial charge < -0.3 is 10.1 Å². The summed E-state index contributed by atoms with van der Waals surface area (Å²) in [7, 11) is 0. The quantitative estimate of drug-likeness (QED) is 0.740. The molecule has 0 spiro atoms. The van der Waals surface area contributed by atoms with Crippen LogP contribution in [0.4, 0.5) is 5.69 Å². The van der Waals surface area contributed by atoms with Crippen LogP contribution in [0.15, 0.2) is 30.3 Å². The molecule has 0 aromatic heterocycles. The van der Waals surface area contributed by atoms with Gasteiger partial charge in [-0.25, -0.2) is 0 Å². The molecular formula is C11H13NO2. The average molecular weight is 191 g/mol. The summed E-state index contributed by atoms with van der Waals surface area (Å²) < 4.78 is 5.08. The second kappa shape index (κ2) is 4.13. The molecule has 0 bridgehead atoms. The highest BCUT2D eigenvalue weighted by Crippen LogP contribution is 2.14. The number of cyclic esters (lactones) is 1. The Morgan fingerprint density at radius 3 is 2.79 bits per heavy atom. The molecular weight excluding hydrogens is 178 g/mol. The van der Waals surface area contributed by atoms with E-state index in [9.17, 15) is 4.79 Å². The molecule has 0 radical (unpaired) electrons. The molecule has 1 heterocycles. The van der Waals surface area contributed by atoms with Gasteiger partial charge in [-0.3, -0.25) is 4.79 Å². The number of carbonyl (C=O) groups excluding carboxylic acids is 1. The van der Waals surface area contributed by atoms with E-state index >= 15 is 0 Å². The van der Waals surface area contributed by atoms with E-state index < -0.39 is 0 Å². The third-order valence-electron chi connectivity index (χ3n) is 2.28. The largest absolute Gasteiger partial charge is 0.460 e. The fraction of sp³-hybridized carbons (Fsp3) is 0.364. The molecule has 1 aromatic rings. The molecule has 3 nitrogen and oxygen atoms in total. The smallest absolute Gasteiger partial charge is 0.306 e. The van der Waals surface area contributed by atoms with Gasteiger partial charge in [-0.05, 0) is 18.6 Å². The van der Waals surface area contributed by atoms with Gasteiger partial charge in [0.05, 0.1) is 6.54 Å². The van der Waals surface area contributed by atoms with Crippen molar-refractivity contribution in [2.24, 2.45) is 0 Å². The zero-order valence-corrected chi connectivity index (χ0v) is 7.90. The SMILES string of the molecule is O=C1CC[C@@H](CNc2ccccc2)O1. The summed E-state index contributed by atoms with van der Waals surface area (Å²) in [6.45, 7) is 0.704. The van der Waals surface area contributed by atoms with E-state index in [2.05, 4.69) is 5.32 Å². The van der Waals surface area contributed by atoms with Gasteiger partial charge in [0.15, 0.2) is 0 Å². The topological polar surface area (TPSA) is 38.3 Å². The summed E-state index contributed by atoms with van der Waals surface area (Å²) in [6.07, 6.45) is 1.43. The fourth-order valence-corrected chi connectivity index (χ4v) is 1.51. The van der Waals surface area contributed by atoms with Gasteiger partial charge in [-0.15, -0.1) is 0 Å². The molecule has 0 saturated carbocycles. The molecule has 1 saturated heterocycles. The van der Waals surface area contributed by atoms with Crippen molar-refractivity contribution in [2.75, 3.05) is 11.9 Å². The fourth-order valence-electron chi connectivity index (χ4n) is 1.51. The lowest BCUT2D eigenvalue weighted by molar-refractivity contribution is -0.140. The maximum Gasteiger partial charge on any atom is 0.306 e. The highest BCUT2D eigenvalue weighted by molar-refractivity contribution is 5.71. The van der Waals surface area contributed by atoms with E-state index in [4.69, 9.17) is 4.74 Å². The minimum Gasteiger partial charge on any atom is -0.460 e. The van der Waals surface area contributed by atoms with Crippen molar-refractivity contribution in [1.29, 1.82) is 0 Å². The highest BCUT2D eigenvalue weighted by Gasteiger charge is 2.22. The summed E-state index contributed by atoms with van der Waals surface area (Å²) >= 11 is 0. The first-order valence-electron chi connectivity index (χ1n) is 4.83. The van der Waals surface area contributed by atoms with Crippen molar-refractivity contribution in [3.63, 3.8) is 0 Å². The molecule has 3 heteroatoms. The molecule has 1 aliphatic heterocycles. The predicted molar refractivity (Wildman–Crippen MR) is 54.0 cm³/mol. The third kappa shape index (κ3) is 2.25. The van der Waals surface area contributed by atoms with Gasteiger partial charge in [0, 0.05) is 12.1 Å². The minimum absolute atomic E-state index is 0.0442. The average Bonchev–Trinajstić information content (AvgIpc) is 2.63. The maximum atomic E-state index is 10.8. The molecule has 0 aliphatic carbocycles. The number of benzene rings is 1. The predicted octanol–water partition coefficient (Wildman–Crippen LogP) is 1.80. The highest BCUT2D eigenvalue weighted by atomic mass is 16.5. The Morgan fingerprint density at radius 2 is 2.14 bits per heavy atom. The number of ether oxygens (including phenoxy) is 1. The Bertz CT molecular complexity index is 310. The lowest BCUT2D eigenvalue weighted by atomic mass is 10.2. The first-order valence-corrected chi connectivity index (χ1v) is 4.83. The lowest BCUT2D eigenvalue weighted by Gasteiger charge is -2.11. The van der Waals surface area contributed by atoms with Gasteiger partial charge in [-0.2, -0.15) is 0 Å². The van der Waals surface area contributed by atoms with Crippen LogP contribution >= 0.6 is 0 Å². The van der Waals surface area contributed by atoms with Crippen LogP contribution in [0.3, 0.4) is 0 Å². The van der Waals surface area contributed by atoms with Crippen molar-refractivity contribution >= 4 is 11.7 Å². The number of rotatable bonds is 3. The molecule has 1 atom stereocenters. The number of anilines is 1. The van der Waals surface area contributed by atoms with Crippen LogP contribution in [-0.4, -0.2) is 18.6 Å². The summed E-state index contributed by atoms with van der Waals surface area (Å²) in [5.41, 5.74) is 1.07. The zero-order valence-electron chi connectivity index (χ0n) is 7.90. The lowest BCUT2D eigenvalue weighted by Crippen LogP contribution is -2.19. The van der Waals surface area contributed by atoms with Gasteiger partial charge in [-0.1, -0.05) is 18.2 Å². The monoisotopic (exact) mass is 191 g/mol. The van der Waals surface area contributed by atoms with Crippen molar-refractivity contribution < 1.29 is 9.53 Å². The number of para-hydroxylation sites is 1. The minimum atomic E-state index is -0.0788. The van der Waals surface area contributed by atoms with Crippen LogP contribution in [0, 0.1) is 0 Å². The Hall–Kier alpha value is -1.51. The standard InChI is InChI=1S/C11H13NO2/c13-11-7-6-10(14-11)8-12-9-4-2-1-3-5-9/h1-5,10,12H,6-8H2/t10-/m0/s1. The van der Waals surface area contributed by atoms with Crippen LogP contribution in [0.1, 0.15) is 12.8 Å². The number of hydrogen-bond donors (Lipinski definition) is 1. The Labute approximate surface area is 83.1 Å². The molecule has 1 N–H and O–H groups in total. The van der Waals surface area contributed by atoms with Crippen molar-refractivity contribution in [2.45, 2.75) is 18.9 Å². The molecule has 14 heavy (non-hydrogen) atoms. The normalized spacial score (nSPS) is 20.6. The van der Waals surface area contributed by atoms with Gasteiger partial charge in [0.1, 0.15) is 6.10 Å². The van der Waals surface area contributed by atoms with E-state index in [1.807, 2.05) is 30.3 Å². The van der Waals surface area contributed by atoms with Gasteiger partial charge in [0.2, 0.25) is 0 Å². The first-order chi connectivity index (χ1) is 6.84. The summed E-state index contributed by atoms with van der Waals surface area (Å²) in [4.78, 5) is 10.8. The summed E-state index contributed by atoms with van der Waals surface area (Å²) in [5, 5.41) is 3.23. The molecule has 0 amide bonds. The van der Waals surface area contributed by atoms with Crippen LogP contribution in [0.25, 0.3) is 0 Å². The van der Waals surface area contributed by atoms with E-state index in [0.717, 1.165) is 12.1 Å². The van der Waals surface area contributed by atoms with E-state index in [-0.39, 0.29) is 12.1 Å². The van der Waals surface area contributed by atoms with Crippen molar-refractivity contribution in [3.8, 4) is 0 Å². The first kappa shape index (κ1) is 9.06. The Balaban J connectivity index is 1.80. The molecule has 2 rings (SSSR count). The number of hydrogen-bond acceptors (Lipinski definition) is 3. The van der Waals surface area contributed by atoms with Crippen LogP contribution < -0.4 is 5.32 Å². The number of carbonyl (C=O) groups is 1. The molecule has 1 aromatic carbocycles. The van der Waals surface area contributed by atoms with Crippen LogP contribution in [0.2, 0.25) is 0 Å². The zero-order chi connectivity index (χ0) is 9.80. The summed E-state index contributed by atoms with van der Waals surface area (Å²) in [6, 6.07) is 9.92. The number of esters is 1. The number of nitrogens with one attached hydrogen (secondary N) is 1. The molecule has 0 unspecified atom stereocenters. The van der Waals surface area contributed by atoms with E-state index in [0.29, 0.717) is 13.0 Å². The van der Waals surface area contributed by atoms with Crippen molar-refractivity contribution in [3.05, 3.63) is 30.3 Å². The second-order valence-corrected chi connectivity index (χ2v) is 3.40. The van der Waals surface area contributed by atoms with E-state index in [1.54, 1.807) is 0 Å². The Morgan fingerprint density at radius 1 is 1.36 bits per heavy atom. The van der Waals surface area contributed by atoms with E-state index in [1.165, 1.54) is 0 Å².